The molecule has 0 radical (unpaired) electrons. The molecule has 20 heavy (non-hydrogen) atoms. The molecule has 100 valence electrons. The van der Waals surface area contributed by atoms with Crippen LogP contribution in [0.3, 0.4) is 0 Å². The van der Waals surface area contributed by atoms with Gasteiger partial charge in [0.05, 0.1) is 10.2 Å². The summed E-state index contributed by atoms with van der Waals surface area (Å²) in [5.41, 5.74) is 3.93. The van der Waals surface area contributed by atoms with Crippen molar-refractivity contribution in [1.82, 2.24) is 4.98 Å². The van der Waals surface area contributed by atoms with Gasteiger partial charge in [-0.25, -0.2) is 4.98 Å². The zero-order valence-corrected chi connectivity index (χ0v) is 12.3. The summed E-state index contributed by atoms with van der Waals surface area (Å²) in [5.74, 6) is 0.613. The Morgan fingerprint density at radius 3 is 3.05 bits per heavy atom. The first kappa shape index (κ1) is 12.2. The highest BCUT2D eigenvalue weighted by molar-refractivity contribution is 7.22. The fourth-order valence-corrected chi connectivity index (χ4v) is 3.75. The molecule has 1 aromatic heterocycles. The van der Waals surface area contributed by atoms with Crippen LogP contribution in [0.2, 0.25) is 5.02 Å². The molecule has 2 aromatic carbocycles. The van der Waals surface area contributed by atoms with Crippen molar-refractivity contribution in [3.63, 3.8) is 0 Å². The van der Waals surface area contributed by atoms with E-state index in [9.17, 15) is 0 Å². The molecule has 1 heterocycles. The van der Waals surface area contributed by atoms with Crippen molar-refractivity contribution < 1.29 is 0 Å². The van der Waals surface area contributed by atoms with Crippen LogP contribution in [0, 0.1) is 0 Å². The number of nitrogens with zero attached hydrogens (tertiary/aromatic N) is 1. The van der Waals surface area contributed by atoms with E-state index in [4.69, 9.17) is 11.6 Å². The van der Waals surface area contributed by atoms with E-state index in [1.165, 1.54) is 22.2 Å². The van der Waals surface area contributed by atoms with Gasteiger partial charge in [-0.15, -0.1) is 0 Å². The summed E-state index contributed by atoms with van der Waals surface area (Å²) in [6, 6.07) is 14.5. The Morgan fingerprint density at radius 2 is 2.15 bits per heavy atom. The van der Waals surface area contributed by atoms with E-state index in [2.05, 4.69) is 34.6 Å². The molecule has 1 unspecified atom stereocenters. The van der Waals surface area contributed by atoms with Crippen LogP contribution in [0.25, 0.3) is 10.2 Å². The van der Waals surface area contributed by atoms with Crippen molar-refractivity contribution in [2.75, 3.05) is 11.9 Å². The third-order valence-electron chi connectivity index (χ3n) is 3.81. The van der Waals surface area contributed by atoms with Crippen LogP contribution in [0.4, 0.5) is 5.13 Å². The Bertz CT molecular complexity index is 781. The van der Waals surface area contributed by atoms with E-state index in [0.29, 0.717) is 5.92 Å². The average molecular weight is 301 g/mol. The van der Waals surface area contributed by atoms with Gasteiger partial charge in [0.1, 0.15) is 0 Å². The Balaban J connectivity index is 1.49. The second-order valence-corrected chi connectivity index (χ2v) is 6.58. The van der Waals surface area contributed by atoms with Gasteiger partial charge in [-0.1, -0.05) is 47.2 Å². The first-order valence-electron chi connectivity index (χ1n) is 6.67. The summed E-state index contributed by atoms with van der Waals surface area (Å²) in [4.78, 5) is 4.58. The maximum absolute atomic E-state index is 5.99. The maximum atomic E-state index is 5.99. The molecule has 1 N–H and O–H groups in total. The molecule has 4 heteroatoms. The van der Waals surface area contributed by atoms with E-state index in [-0.39, 0.29) is 0 Å². The van der Waals surface area contributed by atoms with E-state index >= 15 is 0 Å². The number of rotatable bonds is 3. The minimum absolute atomic E-state index is 0.613. The lowest BCUT2D eigenvalue weighted by Crippen LogP contribution is -2.24. The standard InChI is InChI=1S/C16H13ClN2S/c17-12-5-6-15-14(8-12)19-16(20-15)18-9-11-7-10-3-1-2-4-13(10)11/h1-6,8,11H,7,9H2,(H,18,19). The number of hydrogen-bond acceptors (Lipinski definition) is 3. The monoisotopic (exact) mass is 300 g/mol. The summed E-state index contributed by atoms with van der Waals surface area (Å²) < 4.78 is 1.17. The van der Waals surface area contributed by atoms with Crippen LogP contribution in [0.5, 0.6) is 0 Å². The van der Waals surface area contributed by atoms with Crippen LogP contribution in [0.15, 0.2) is 42.5 Å². The van der Waals surface area contributed by atoms with Crippen molar-refractivity contribution in [2.24, 2.45) is 0 Å². The smallest absolute Gasteiger partial charge is 0.183 e. The number of halogens is 1. The van der Waals surface area contributed by atoms with Gasteiger partial charge in [-0.3, -0.25) is 0 Å². The molecule has 0 saturated heterocycles. The number of benzene rings is 2. The molecule has 1 aliphatic carbocycles. The molecule has 0 amide bonds. The molecule has 1 atom stereocenters. The third kappa shape index (κ3) is 2.07. The largest absolute Gasteiger partial charge is 0.361 e. The Morgan fingerprint density at radius 1 is 1.25 bits per heavy atom. The predicted octanol–water partition coefficient (Wildman–Crippen LogP) is 4.70. The Labute approximate surface area is 126 Å². The lowest BCUT2D eigenvalue weighted by atomic mass is 9.78. The molecule has 0 saturated carbocycles. The van der Waals surface area contributed by atoms with Crippen molar-refractivity contribution in [2.45, 2.75) is 12.3 Å². The molecular weight excluding hydrogens is 288 g/mol. The summed E-state index contributed by atoms with van der Waals surface area (Å²) in [6.07, 6.45) is 1.17. The van der Waals surface area contributed by atoms with E-state index in [1.807, 2.05) is 18.2 Å². The van der Waals surface area contributed by atoms with Crippen molar-refractivity contribution >= 4 is 38.3 Å². The van der Waals surface area contributed by atoms with E-state index < -0.39 is 0 Å². The summed E-state index contributed by atoms with van der Waals surface area (Å²) in [7, 11) is 0. The third-order valence-corrected chi connectivity index (χ3v) is 5.04. The SMILES string of the molecule is Clc1ccc2sc(NCC3Cc4ccccc43)nc2c1. The second kappa shape index (κ2) is 4.76. The first-order chi connectivity index (χ1) is 9.79. The normalized spacial score (nSPS) is 16.8. The van der Waals surface area contributed by atoms with Gasteiger partial charge in [0, 0.05) is 17.5 Å². The zero-order valence-electron chi connectivity index (χ0n) is 10.8. The van der Waals surface area contributed by atoms with Gasteiger partial charge in [-0.2, -0.15) is 0 Å². The lowest BCUT2D eigenvalue weighted by Gasteiger charge is -2.30. The molecular formula is C16H13ClN2S. The molecule has 0 spiro atoms. The number of anilines is 1. The van der Waals surface area contributed by atoms with E-state index in [0.717, 1.165) is 22.2 Å². The molecule has 1 aliphatic rings. The van der Waals surface area contributed by atoms with Crippen LogP contribution < -0.4 is 5.32 Å². The number of hydrogen-bond donors (Lipinski definition) is 1. The van der Waals surface area contributed by atoms with Gasteiger partial charge < -0.3 is 5.32 Å². The molecule has 0 fully saturated rings. The molecule has 0 aliphatic heterocycles. The molecule has 0 bridgehead atoms. The van der Waals surface area contributed by atoms with E-state index in [1.54, 1.807) is 11.3 Å². The first-order valence-corrected chi connectivity index (χ1v) is 7.87. The summed E-state index contributed by atoms with van der Waals surface area (Å²) >= 11 is 7.67. The minimum Gasteiger partial charge on any atom is -0.361 e. The van der Waals surface area contributed by atoms with Crippen molar-refractivity contribution in [3.8, 4) is 0 Å². The van der Waals surface area contributed by atoms with Crippen LogP contribution in [0.1, 0.15) is 17.0 Å². The molecule has 2 nitrogen and oxygen atoms in total. The van der Waals surface area contributed by atoms with Crippen LogP contribution in [-0.2, 0) is 6.42 Å². The zero-order chi connectivity index (χ0) is 13.5. The van der Waals surface area contributed by atoms with Crippen molar-refractivity contribution in [1.29, 1.82) is 0 Å². The quantitative estimate of drug-likeness (QED) is 0.758. The topological polar surface area (TPSA) is 24.9 Å². The number of nitrogens with one attached hydrogen (secondary N) is 1. The fraction of sp³-hybridized carbons (Fsp3) is 0.188. The number of thiazole rings is 1. The average Bonchev–Trinajstić information content (AvgIpc) is 2.81. The Kier molecular flexibility index (Phi) is 2.90. The molecule has 4 rings (SSSR count). The fourth-order valence-electron chi connectivity index (χ4n) is 2.73. The van der Waals surface area contributed by atoms with Gasteiger partial charge in [-0.05, 0) is 35.7 Å². The highest BCUT2D eigenvalue weighted by Gasteiger charge is 2.25. The van der Waals surface area contributed by atoms with Gasteiger partial charge in [0.15, 0.2) is 5.13 Å². The highest BCUT2D eigenvalue weighted by Crippen LogP contribution is 2.35. The van der Waals surface area contributed by atoms with Gasteiger partial charge in [0.25, 0.3) is 0 Å². The van der Waals surface area contributed by atoms with Crippen LogP contribution in [-0.4, -0.2) is 11.5 Å². The Hall–Kier alpha value is -1.58. The summed E-state index contributed by atoms with van der Waals surface area (Å²) in [5, 5.41) is 5.18. The van der Waals surface area contributed by atoms with Gasteiger partial charge >= 0.3 is 0 Å². The lowest BCUT2D eigenvalue weighted by molar-refractivity contribution is 0.635. The van der Waals surface area contributed by atoms with Crippen molar-refractivity contribution in [3.05, 3.63) is 58.6 Å². The highest BCUT2D eigenvalue weighted by atomic mass is 35.5. The summed E-state index contributed by atoms with van der Waals surface area (Å²) in [6.45, 7) is 0.949. The second-order valence-electron chi connectivity index (χ2n) is 5.11. The minimum atomic E-state index is 0.613. The maximum Gasteiger partial charge on any atom is 0.183 e. The predicted molar refractivity (Wildman–Crippen MR) is 86.0 cm³/mol. The molecule has 3 aromatic rings. The van der Waals surface area contributed by atoms with Gasteiger partial charge in [0.2, 0.25) is 0 Å². The van der Waals surface area contributed by atoms with Crippen LogP contribution >= 0.6 is 22.9 Å². The number of fused-ring (bicyclic) bond motifs is 2. The number of aromatic nitrogens is 1.